The van der Waals surface area contributed by atoms with E-state index in [9.17, 15) is 0 Å². The molecule has 1 aliphatic rings. The van der Waals surface area contributed by atoms with Crippen molar-refractivity contribution in [2.45, 2.75) is 44.6 Å². The van der Waals surface area contributed by atoms with Crippen molar-refractivity contribution in [3.63, 3.8) is 0 Å². The molecule has 2 unspecified atom stereocenters. The maximum Gasteiger partial charge on any atom is 0.0314 e. The fourth-order valence-electron chi connectivity index (χ4n) is 3.50. The van der Waals surface area contributed by atoms with Gasteiger partial charge in [-0.05, 0) is 76.6 Å². The number of halogens is 1. The molecule has 0 spiro atoms. The molecular formula is C18H22BrNS. The maximum atomic E-state index is 3.74. The lowest BCUT2D eigenvalue weighted by Crippen LogP contribution is -2.38. The van der Waals surface area contributed by atoms with Gasteiger partial charge in [-0.2, -0.15) is 0 Å². The van der Waals surface area contributed by atoms with Crippen LogP contribution in [0.1, 0.15) is 41.7 Å². The summed E-state index contributed by atoms with van der Waals surface area (Å²) in [7, 11) is 0. The van der Waals surface area contributed by atoms with E-state index in [4.69, 9.17) is 0 Å². The van der Waals surface area contributed by atoms with E-state index in [-0.39, 0.29) is 0 Å². The van der Waals surface area contributed by atoms with Crippen LogP contribution in [-0.2, 0) is 12.8 Å². The van der Waals surface area contributed by atoms with Crippen LogP contribution in [0.3, 0.4) is 0 Å². The molecule has 0 amide bonds. The summed E-state index contributed by atoms with van der Waals surface area (Å²) in [6.07, 6.45) is 4.98. The first-order chi connectivity index (χ1) is 10.3. The Labute approximate surface area is 139 Å². The van der Waals surface area contributed by atoms with Crippen molar-refractivity contribution in [3.8, 4) is 0 Å². The SMILES string of the molecule is CCNC(Cc1sccc1Br)C1CCCc2ccccc21. The van der Waals surface area contributed by atoms with Crippen LogP contribution in [0.4, 0.5) is 0 Å². The first-order valence-corrected chi connectivity index (χ1v) is 9.50. The van der Waals surface area contributed by atoms with Gasteiger partial charge in [0, 0.05) is 15.4 Å². The fourth-order valence-corrected chi connectivity index (χ4v) is 5.07. The third kappa shape index (κ3) is 3.41. The van der Waals surface area contributed by atoms with Gasteiger partial charge < -0.3 is 5.32 Å². The van der Waals surface area contributed by atoms with Gasteiger partial charge in [0.25, 0.3) is 0 Å². The van der Waals surface area contributed by atoms with Crippen molar-refractivity contribution in [2.75, 3.05) is 6.54 Å². The van der Waals surface area contributed by atoms with Crippen LogP contribution in [0.25, 0.3) is 0 Å². The summed E-state index contributed by atoms with van der Waals surface area (Å²) in [5, 5.41) is 5.92. The third-order valence-corrected chi connectivity index (χ3v) is 6.41. The van der Waals surface area contributed by atoms with Crippen LogP contribution in [0.5, 0.6) is 0 Å². The standard InChI is InChI=1S/C18H22BrNS/c1-2-20-17(12-18-16(19)10-11-21-18)15-9-5-7-13-6-3-4-8-14(13)15/h3-4,6,8,10-11,15,17,20H,2,5,7,9,12H2,1H3. The normalized spacial score (nSPS) is 19.2. The summed E-state index contributed by atoms with van der Waals surface area (Å²) >= 11 is 5.55. The highest BCUT2D eigenvalue weighted by atomic mass is 79.9. The predicted molar refractivity (Wildman–Crippen MR) is 95.3 cm³/mol. The van der Waals surface area contributed by atoms with E-state index in [2.05, 4.69) is 63.9 Å². The van der Waals surface area contributed by atoms with Crippen molar-refractivity contribution in [2.24, 2.45) is 0 Å². The average Bonchev–Trinajstić information content (AvgIpc) is 2.91. The molecule has 1 aromatic heterocycles. The van der Waals surface area contributed by atoms with Gasteiger partial charge in [-0.1, -0.05) is 31.2 Å². The first-order valence-electron chi connectivity index (χ1n) is 7.82. The minimum atomic E-state index is 0.534. The number of fused-ring (bicyclic) bond motifs is 1. The molecule has 2 aromatic rings. The Morgan fingerprint density at radius 1 is 1.33 bits per heavy atom. The number of likely N-dealkylation sites (N-methyl/N-ethyl adjacent to an activating group) is 1. The van der Waals surface area contributed by atoms with Crippen LogP contribution >= 0.6 is 27.3 Å². The third-order valence-electron chi connectivity index (χ3n) is 4.46. The van der Waals surface area contributed by atoms with E-state index in [1.165, 1.54) is 28.6 Å². The predicted octanol–water partition coefficient (Wildman–Crippen LogP) is 5.15. The van der Waals surface area contributed by atoms with Crippen molar-refractivity contribution >= 4 is 27.3 Å². The summed E-state index contributed by atoms with van der Waals surface area (Å²) in [6.45, 7) is 3.25. The Morgan fingerprint density at radius 3 is 2.95 bits per heavy atom. The second-order valence-corrected chi connectivity index (χ2v) is 7.61. The summed E-state index contributed by atoms with van der Waals surface area (Å²) in [4.78, 5) is 1.46. The lowest BCUT2D eigenvalue weighted by Gasteiger charge is -2.33. The Balaban J connectivity index is 1.86. The Morgan fingerprint density at radius 2 is 2.19 bits per heavy atom. The average molecular weight is 364 g/mol. The second-order valence-electron chi connectivity index (χ2n) is 5.76. The molecule has 112 valence electrons. The largest absolute Gasteiger partial charge is 0.313 e. The number of thiophene rings is 1. The Hall–Kier alpha value is -0.640. The quantitative estimate of drug-likeness (QED) is 0.774. The molecule has 1 heterocycles. The number of hydrogen-bond donors (Lipinski definition) is 1. The molecule has 1 N–H and O–H groups in total. The smallest absolute Gasteiger partial charge is 0.0314 e. The lowest BCUT2D eigenvalue weighted by atomic mass is 9.77. The van der Waals surface area contributed by atoms with Crippen LogP contribution in [0, 0.1) is 0 Å². The summed E-state index contributed by atoms with van der Waals surface area (Å²) in [5.41, 5.74) is 3.13. The van der Waals surface area contributed by atoms with Crippen LogP contribution < -0.4 is 5.32 Å². The van der Waals surface area contributed by atoms with Crippen LogP contribution in [0.2, 0.25) is 0 Å². The van der Waals surface area contributed by atoms with E-state index < -0.39 is 0 Å². The lowest BCUT2D eigenvalue weighted by molar-refractivity contribution is 0.397. The zero-order chi connectivity index (χ0) is 14.7. The number of benzene rings is 1. The maximum absolute atomic E-state index is 3.74. The van der Waals surface area contributed by atoms with E-state index in [0.717, 1.165) is 13.0 Å². The molecule has 2 atom stereocenters. The van der Waals surface area contributed by atoms with Gasteiger partial charge in [-0.15, -0.1) is 11.3 Å². The van der Waals surface area contributed by atoms with Gasteiger partial charge in [0.1, 0.15) is 0 Å². The highest BCUT2D eigenvalue weighted by molar-refractivity contribution is 9.10. The van der Waals surface area contributed by atoms with E-state index in [1.807, 2.05) is 11.3 Å². The zero-order valence-corrected chi connectivity index (χ0v) is 14.8. The topological polar surface area (TPSA) is 12.0 Å². The summed E-state index contributed by atoms with van der Waals surface area (Å²) in [5.74, 6) is 0.642. The highest BCUT2D eigenvalue weighted by Crippen LogP contribution is 2.36. The number of rotatable bonds is 5. The summed E-state index contributed by atoms with van der Waals surface area (Å²) < 4.78 is 1.26. The summed E-state index contributed by atoms with van der Waals surface area (Å²) in [6, 6.07) is 11.7. The molecule has 1 nitrogen and oxygen atoms in total. The van der Waals surface area contributed by atoms with Gasteiger partial charge in [0.2, 0.25) is 0 Å². The molecular weight excluding hydrogens is 342 g/mol. The molecule has 0 saturated carbocycles. The fraction of sp³-hybridized carbons (Fsp3) is 0.444. The minimum absolute atomic E-state index is 0.534. The van der Waals surface area contributed by atoms with Gasteiger partial charge in [-0.3, -0.25) is 0 Å². The van der Waals surface area contributed by atoms with Gasteiger partial charge in [0.05, 0.1) is 0 Å². The van der Waals surface area contributed by atoms with Crippen LogP contribution in [0.15, 0.2) is 40.2 Å². The minimum Gasteiger partial charge on any atom is -0.313 e. The molecule has 0 radical (unpaired) electrons. The van der Waals surface area contributed by atoms with Gasteiger partial charge >= 0.3 is 0 Å². The van der Waals surface area contributed by atoms with E-state index in [0.29, 0.717) is 12.0 Å². The molecule has 0 fully saturated rings. The van der Waals surface area contributed by atoms with Gasteiger partial charge in [-0.25, -0.2) is 0 Å². The molecule has 21 heavy (non-hydrogen) atoms. The second kappa shape index (κ2) is 7.08. The number of aryl methyl sites for hydroxylation is 1. The van der Waals surface area contributed by atoms with Crippen molar-refractivity contribution < 1.29 is 0 Å². The zero-order valence-electron chi connectivity index (χ0n) is 12.4. The van der Waals surface area contributed by atoms with Gasteiger partial charge in [0.15, 0.2) is 0 Å². The number of hydrogen-bond acceptors (Lipinski definition) is 2. The molecule has 1 aromatic carbocycles. The molecule has 3 heteroatoms. The highest BCUT2D eigenvalue weighted by Gasteiger charge is 2.28. The Bertz CT molecular complexity index is 592. The molecule has 1 aliphatic carbocycles. The van der Waals surface area contributed by atoms with E-state index >= 15 is 0 Å². The van der Waals surface area contributed by atoms with Crippen LogP contribution in [-0.4, -0.2) is 12.6 Å². The molecule has 0 bridgehead atoms. The number of nitrogens with one attached hydrogen (secondary N) is 1. The van der Waals surface area contributed by atoms with Crippen molar-refractivity contribution in [1.29, 1.82) is 0 Å². The Kier molecular flexibility index (Phi) is 5.15. The molecule has 0 saturated heterocycles. The van der Waals surface area contributed by atoms with E-state index in [1.54, 1.807) is 11.1 Å². The molecule has 0 aliphatic heterocycles. The van der Waals surface area contributed by atoms with Crippen molar-refractivity contribution in [1.82, 2.24) is 5.32 Å². The molecule has 3 rings (SSSR count). The first kappa shape index (κ1) is 15.3. The van der Waals surface area contributed by atoms with Crippen molar-refractivity contribution in [3.05, 3.63) is 56.2 Å². The monoisotopic (exact) mass is 363 g/mol.